The van der Waals surface area contributed by atoms with Gasteiger partial charge in [-0.15, -0.1) is 11.3 Å². The number of aromatic nitrogens is 1. The third-order valence-corrected chi connectivity index (χ3v) is 6.33. The lowest BCUT2D eigenvalue weighted by molar-refractivity contribution is -0.151. The fourth-order valence-electron chi connectivity index (χ4n) is 3.69. The lowest BCUT2D eigenvalue weighted by Crippen LogP contribution is -2.27. The Bertz CT molecular complexity index is 954. The number of fused-ring (bicyclic) bond motifs is 1. The van der Waals surface area contributed by atoms with Gasteiger partial charge in [0.1, 0.15) is 6.61 Å². The zero-order chi connectivity index (χ0) is 18.6. The molecule has 0 N–H and O–H groups in total. The summed E-state index contributed by atoms with van der Waals surface area (Å²) < 4.78 is 6.79. The van der Waals surface area contributed by atoms with E-state index in [9.17, 15) is 4.79 Å². The number of rotatable bonds is 4. The van der Waals surface area contributed by atoms with Gasteiger partial charge in [0.15, 0.2) is 0 Å². The smallest absolute Gasteiger partial charge is 0.309 e. The van der Waals surface area contributed by atoms with E-state index in [0.717, 1.165) is 41.8 Å². The minimum absolute atomic E-state index is 0.127. The summed E-state index contributed by atoms with van der Waals surface area (Å²) >= 11 is 1.69. The van der Waals surface area contributed by atoms with Crippen molar-refractivity contribution in [3.05, 3.63) is 64.7 Å². The van der Waals surface area contributed by atoms with E-state index < -0.39 is 0 Å². The van der Waals surface area contributed by atoms with E-state index in [1.54, 1.807) is 23.5 Å². The van der Waals surface area contributed by atoms with Crippen LogP contribution in [0.15, 0.2) is 48.5 Å². The predicted molar refractivity (Wildman–Crippen MR) is 105 cm³/mol. The Hall–Kier alpha value is -2.71. The van der Waals surface area contributed by atoms with Gasteiger partial charge < -0.3 is 4.74 Å². The second-order valence-corrected chi connectivity index (χ2v) is 8.00. The molecule has 27 heavy (non-hydrogen) atoms. The summed E-state index contributed by atoms with van der Waals surface area (Å²) in [6, 6.07) is 17.4. The molecule has 4 nitrogen and oxygen atoms in total. The van der Waals surface area contributed by atoms with Gasteiger partial charge in [-0.1, -0.05) is 37.1 Å². The highest BCUT2D eigenvalue weighted by Crippen LogP contribution is 2.41. The Labute approximate surface area is 162 Å². The number of carbonyl (C=O) groups is 1. The van der Waals surface area contributed by atoms with Crippen LogP contribution in [0.3, 0.4) is 0 Å². The molecular weight excluding hydrogens is 356 g/mol. The van der Waals surface area contributed by atoms with Crippen LogP contribution in [-0.4, -0.2) is 11.0 Å². The Morgan fingerprint density at radius 3 is 2.70 bits per heavy atom. The number of nitrogens with zero attached hydrogens (tertiary/aromatic N) is 2. The number of benzene rings is 2. The maximum Gasteiger partial charge on any atom is 0.309 e. The average Bonchev–Trinajstić information content (AvgIpc) is 3.16. The van der Waals surface area contributed by atoms with Crippen molar-refractivity contribution >= 4 is 27.5 Å². The van der Waals surface area contributed by atoms with Gasteiger partial charge in [0.05, 0.1) is 32.8 Å². The number of hydrogen-bond donors (Lipinski definition) is 0. The second kappa shape index (κ2) is 7.89. The van der Waals surface area contributed by atoms with Crippen molar-refractivity contribution in [1.82, 2.24) is 4.98 Å². The minimum Gasteiger partial charge on any atom is -0.461 e. The first-order chi connectivity index (χ1) is 13.2. The molecule has 0 unspecified atom stereocenters. The molecule has 0 aliphatic heterocycles. The van der Waals surface area contributed by atoms with Gasteiger partial charge >= 0.3 is 5.97 Å². The third kappa shape index (κ3) is 3.86. The Kier molecular flexibility index (Phi) is 5.17. The number of thiazole rings is 1. The molecule has 0 bridgehead atoms. The number of esters is 1. The topological polar surface area (TPSA) is 63.0 Å². The van der Waals surface area contributed by atoms with E-state index in [-0.39, 0.29) is 24.4 Å². The van der Waals surface area contributed by atoms with Gasteiger partial charge in [0.2, 0.25) is 0 Å². The Balaban J connectivity index is 1.47. The summed E-state index contributed by atoms with van der Waals surface area (Å²) in [6.07, 6.45) is 4.02. The lowest BCUT2D eigenvalue weighted by Gasteiger charge is -2.28. The molecular formula is C22H20N2O2S. The molecule has 0 spiro atoms. The highest BCUT2D eigenvalue weighted by Gasteiger charge is 2.35. The van der Waals surface area contributed by atoms with Crippen LogP contribution in [0.4, 0.5) is 0 Å². The highest BCUT2D eigenvalue weighted by atomic mass is 32.1. The molecule has 3 aromatic rings. The quantitative estimate of drug-likeness (QED) is 0.588. The van der Waals surface area contributed by atoms with E-state index in [1.807, 2.05) is 30.3 Å². The SMILES string of the molecule is N#Cc1ccc(COC(=O)[C@H]2CCCC[C@H]2c2nc3ccccc3s2)cc1. The summed E-state index contributed by atoms with van der Waals surface area (Å²) in [4.78, 5) is 17.6. The summed E-state index contributed by atoms with van der Waals surface area (Å²) in [5.41, 5.74) is 2.51. The number of nitriles is 1. The Morgan fingerprint density at radius 2 is 1.93 bits per heavy atom. The van der Waals surface area contributed by atoms with Crippen LogP contribution in [0, 0.1) is 17.2 Å². The summed E-state index contributed by atoms with van der Waals surface area (Å²) in [6.45, 7) is 0.244. The molecule has 1 heterocycles. The van der Waals surface area contributed by atoms with Crippen LogP contribution >= 0.6 is 11.3 Å². The van der Waals surface area contributed by atoms with Crippen LogP contribution in [0.1, 0.15) is 47.7 Å². The number of ether oxygens (including phenoxy) is 1. The van der Waals surface area contributed by atoms with E-state index >= 15 is 0 Å². The summed E-state index contributed by atoms with van der Waals surface area (Å²) in [5.74, 6) is -0.120. The van der Waals surface area contributed by atoms with E-state index in [0.29, 0.717) is 5.56 Å². The van der Waals surface area contributed by atoms with Crippen LogP contribution in [0.2, 0.25) is 0 Å². The third-order valence-electron chi connectivity index (χ3n) is 5.16. The molecule has 1 aliphatic carbocycles. The van der Waals surface area contributed by atoms with Gasteiger partial charge in [-0.3, -0.25) is 4.79 Å². The van der Waals surface area contributed by atoms with Crippen molar-refractivity contribution in [2.45, 2.75) is 38.2 Å². The van der Waals surface area contributed by atoms with Crippen molar-refractivity contribution in [2.75, 3.05) is 0 Å². The van der Waals surface area contributed by atoms with Gasteiger partial charge in [0.25, 0.3) is 0 Å². The van der Waals surface area contributed by atoms with Crippen LogP contribution < -0.4 is 0 Å². The molecule has 2 aromatic carbocycles. The monoisotopic (exact) mass is 376 g/mol. The zero-order valence-electron chi connectivity index (χ0n) is 14.9. The first-order valence-electron chi connectivity index (χ1n) is 9.26. The minimum atomic E-state index is -0.136. The summed E-state index contributed by atoms with van der Waals surface area (Å²) in [5, 5.41) is 9.92. The van der Waals surface area contributed by atoms with Gasteiger partial charge in [-0.25, -0.2) is 4.98 Å². The molecule has 1 saturated carbocycles. The fourth-order valence-corrected chi connectivity index (χ4v) is 4.86. The number of hydrogen-bond acceptors (Lipinski definition) is 5. The second-order valence-electron chi connectivity index (χ2n) is 6.93. The molecule has 4 rings (SSSR count). The van der Waals surface area contributed by atoms with E-state index in [2.05, 4.69) is 12.1 Å². The highest BCUT2D eigenvalue weighted by molar-refractivity contribution is 7.18. The molecule has 0 amide bonds. The maximum absolute atomic E-state index is 12.8. The predicted octanol–water partition coefficient (Wildman–Crippen LogP) is 5.19. The first-order valence-corrected chi connectivity index (χ1v) is 10.1. The fraction of sp³-hybridized carbons (Fsp3) is 0.318. The molecule has 2 atom stereocenters. The molecule has 1 aromatic heterocycles. The zero-order valence-corrected chi connectivity index (χ0v) is 15.7. The molecule has 1 aliphatic rings. The summed E-state index contributed by atoms with van der Waals surface area (Å²) in [7, 11) is 0. The van der Waals surface area contributed by atoms with Crippen LogP contribution in [0.5, 0.6) is 0 Å². The van der Waals surface area contributed by atoms with E-state index in [4.69, 9.17) is 15.0 Å². The van der Waals surface area contributed by atoms with Crippen molar-refractivity contribution in [1.29, 1.82) is 5.26 Å². The van der Waals surface area contributed by atoms with Gasteiger partial charge in [-0.2, -0.15) is 5.26 Å². The van der Waals surface area contributed by atoms with Crippen molar-refractivity contribution in [3.8, 4) is 6.07 Å². The lowest BCUT2D eigenvalue weighted by atomic mass is 9.79. The molecule has 0 radical (unpaired) electrons. The van der Waals surface area contributed by atoms with Gasteiger partial charge in [-0.05, 0) is 42.7 Å². The normalized spacial score (nSPS) is 19.5. The van der Waals surface area contributed by atoms with Crippen molar-refractivity contribution in [3.63, 3.8) is 0 Å². The molecule has 5 heteroatoms. The first kappa shape index (κ1) is 17.7. The number of carbonyl (C=O) groups excluding carboxylic acids is 1. The standard InChI is InChI=1S/C22H20N2O2S/c23-13-15-9-11-16(12-10-15)14-26-22(25)18-6-2-1-5-17(18)21-24-19-7-3-4-8-20(19)27-21/h3-4,7-12,17-18H,1-2,5-6,14H2/t17-,18+/m1/s1. The Morgan fingerprint density at radius 1 is 1.15 bits per heavy atom. The van der Waals surface area contributed by atoms with Crippen LogP contribution in [0.25, 0.3) is 10.2 Å². The average molecular weight is 376 g/mol. The molecule has 0 saturated heterocycles. The number of para-hydroxylation sites is 1. The largest absolute Gasteiger partial charge is 0.461 e. The van der Waals surface area contributed by atoms with Crippen molar-refractivity contribution < 1.29 is 9.53 Å². The van der Waals surface area contributed by atoms with Gasteiger partial charge in [0, 0.05) is 5.92 Å². The maximum atomic E-state index is 12.8. The molecule has 1 fully saturated rings. The van der Waals surface area contributed by atoms with Crippen LogP contribution in [-0.2, 0) is 16.1 Å². The molecule has 136 valence electrons. The van der Waals surface area contributed by atoms with E-state index in [1.165, 1.54) is 4.70 Å². The van der Waals surface area contributed by atoms with Crippen molar-refractivity contribution in [2.24, 2.45) is 5.92 Å².